The zero-order chi connectivity index (χ0) is 14.8. The Morgan fingerprint density at radius 3 is 2.10 bits per heavy atom. The van der Waals surface area contributed by atoms with Gasteiger partial charge in [-0.3, -0.25) is 0 Å². The van der Waals surface area contributed by atoms with Crippen LogP contribution in [0.4, 0.5) is 5.69 Å². The van der Waals surface area contributed by atoms with Crippen molar-refractivity contribution in [3.63, 3.8) is 0 Å². The zero-order valence-corrected chi connectivity index (χ0v) is 13.3. The molecule has 0 atom stereocenters. The number of nitrogens with zero attached hydrogens (tertiary/aromatic N) is 2. The van der Waals surface area contributed by atoms with Gasteiger partial charge in [0.15, 0.2) is 0 Å². The third kappa shape index (κ3) is 2.81. The fourth-order valence-corrected chi connectivity index (χ4v) is 3.13. The van der Waals surface area contributed by atoms with Gasteiger partial charge >= 0.3 is 0 Å². The van der Waals surface area contributed by atoms with Crippen LogP contribution in [0.25, 0.3) is 11.1 Å². The molecule has 1 aliphatic rings. The quantitative estimate of drug-likeness (QED) is 0.827. The SMILES string of the molecule is Cc1c(-c2ccccc2)ccc(N2CCN(C)CC2)c1C. The molecule has 1 saturated heterocycles. The summed E-state index contributed by atoms with van der Waals surface area (Å²) < 4.78 is 0. The molecule has 0 bridgehead atoms. The van der Waals surface area contributed by atoms with Gasteiger partial charge in [0.05, 0.1) is 0 Å². The minimum absolute atomic E-state index is 1.13. The molecule has 2 aromatic carbocycles. The van der Waals surface area contributed by atoms with Crippen molar-refractivity contribution in [2.75, 3.05) is 38.1 Å². The van der Waals surface area contributed by atoms with Gasteiger partial charge in [0.1, 0.15) is 0 Å². The molecule has 0 N–H and O–H groups in total. The maximum absolute atomic E-state index is 2.52. The molecule has 0 saturated carbocycles. The van der Waals surface area contributed by atoms with Crippen LogP contribution in [0.15, 0.2) is 42.5 Å². The van der Waals surface area contributed by atoms with Crippen molar-refractivity contribution in [3.8, 4) is 11.1 Å². The molecule has 110 valence electrons. The minimum atomic E-state index is 1.13. The lowest BCUT2D eigenvalue weighted by Crippen LogP contribution is -2.44. The largest absolute Gasteiger partial charge is 0.369 e. The lowest BCUT2D eigenvalue weighted by molar-refractivity contribution is 0.312. The van der Waals surface area contributed by atoms with E-state index in [4.69, 9.17) is 0 Å². The Hall–Kier alpha value is -1.80. The summed E-state index contributed by atoms with van der Waals surface area (Å²) in [5.41, 5.74) is 6.88. The summed E-state index contributed by atoms with van der Waals surface area (Å²) in [6, 6.07) is 15.3. The average Bonchev–Trinajstić information content (AvgIpc) is 2.52. The Kier molecular flexibility index (Phi) is 3.98. The molecule has 2 aromatic rings. The molecule has 0 aromatic heterocycles. The van der Waals surface area contributed by atoms with Crippen molar-refractivity contribution >= 4 is 5.69 Å². The molecule has 0 aliphatic carbocycles. The second-order valence-corrected chi connectivity index (χ2v) is 6.04. The van der Waals surface area contributed by atoms with Crippen LogP contribution in [0, 0.1) is 13.8 Å². The van der Waals surface area contributed by atoms with Crippen LogP contribution in [0.2, 0.25) is 0 Å². The molecular formula is C19H24N2. The van der Waals surface area contributed by atoms with Crippen molar-refractivity contribution in [1.82, 2.24) is 4.90 Å². The average molecular weight is 280 g/mol. The first-order chi connectivity index (χ1) is 10.2. The van der Waals surface area contributed by atoms with Crippen LogP contribution in [0.1, 0.15) is 11.1 Å². The number of benzene rings is 2. The molecule has 1 aliphatic heterocycles. The summed E-state index contributed by atoms with van der Waals surface area (Å²) >= 11 is 0. The number of anilines is 1. The van der Waals surface area contributed by atoms with E-state index in [0.717, 1.165) is 26.2 Å². The molecule has 2 heteroatoms. The van der Waals surface area contributed by atoms with Crippen LogP contribution in [0.3, 0.4) is 0 Å². The topological polar surface area (TPSA) is 6.48 Å². The van der Waals surface area contributed by atoms with Crippen molar-refractivity contribution in [3.05, 3.63) is 53.6 Å². The summed E-state index contributed by atoms with van der Waals surface area (Å²) in [4.78, 5) is 4.92. The summed E-state index contributed by atoms with van der Waals surface area (Å²) in [6.07, 6.45) is 0. The second-order valence-electron chi connectivity index (χ2n) is 6.04. The van der Waals surface area contributed by atoms with E-state index in [9.17, 15) is 0 Å². The van der Waals surface area contributed by atoms with E-state index in [0.29, 0.717) is 0 Å². The molecule has 1 heterocycles. The molecule has 0 radical (unpaired) electrons. The van der Waals surface area contributed by atoms with Crippen molar-refractivity contribution < 1.29 is 0 Å². The fraction of sp³-hybridized carbons (Fsp3) is 0.368. The van der Waals surface area contributed by atoms with E-state index in [1.54, 1.807) is 0 Å². The molecule has 1 fully saturated rings. The molecular weight excluding hydrogens is 256 g/mol. The summed E-state index contributed by atoms with van der Waals surface area (Å²) in [6.45, 7) is 9.06. The van der Waals surface area contributed by atoms with E-state index in [1.807, 2.05) is 0 Å². The Morgan fingerprint density at radius 1 is 0.762 bits per heavy atom. The van der Waals surface area contributed by atoms with Crippen molar-refractivity contribution in [1.29, 1.82) is 0 Å². The highest BCUT2D eigenvalue weighted by atomic mass is 15.2. The van der Waals surface area contributed by atoms with E-state index >= 15 is 0 Å². The minimum Gasteiger partial charge on any atom is -0.369 e. The van der Waals surface area contributed by atoms with Crippen LogP contribution in [-0.2, 0) is 0 Å². The van der Waals surface area contributed by atoms with Crippen LogP contribution >= 0.6 is 0 Å². The Bertz CT molecular complexity index is 611. The maximum atomic E-state index is 2.52. The summed E-state index contributed by atoms with van der Waals surface area (Å²) in [5.74, 6) is 0. The van der Waals surface area contributed by atoms with Gasteiger partial charge < -0.3 is 9.80 Å². The highest BCUT2D eigenvalue weighted by Crippen LogP contribution is 2.32. The first-order valence-electron chi connectivity index (χ1n) is 7.76. The fourth-order valence-electron chi connectivity index (χ4n) is 3.13. The van der Waals surface area contributed by atoms with E-state index < -0.39 is 0 Å². The van der Waals surface area contributed by atoms with Gasteiger partial charge in [-0.2, -0.15) is 0 Å². The molecule has 0 unspecified atom stereocenters. The third-order valence-corrected chi connectivity index (χ3v) is 4.69. The Balaban J connectivity index is 1.93. The van der Waals surface area contributed by atoms with Crippen molar-refractivity contribution in [2.24, 2.45) is 0 Å². The molecule has 0 spiro atoms. The van der Waals surface area contributed by atoms with Gasteiger partial charge in [0.2, 0.25) is 0 Å². The normalized spacial score (nSPS) is 16.2. The van der Waals surface area contributed by atoms with Crippen molar-refractivity contribution in [2.45, 2.75) is 13.8 Å². The third-order valence-electron chi connectivity index (χ3n) is 4.69. The van der Waals surface area contributed by atoms with Gasteiger partial charge in [-0.05, 0) is 49.2 Å². The van der Waals surface area contributed by atoms with Gasteiger partial charge in [0, 0.05) is 31.9 Å². The summed E-state index contributed by atoms with van der Waals surface area (Å²) in [5, 5.41) is 0. The Morgan fingerprint density at radius 2 is 1.43 bits per heavy atom. The smallest absolute Gasteiger partial charge is 0.0399 e. The first kappa shape index (κ1) is 14.2. The molecule has 21 heavy (non-hydrogen) atoms. The monoisotopic (exact) mass is 280 g/mol. The lowest BCUT2D eigenvalue weighted by Gasteiger charge is -2.35. The standard InChI is InChI=1S/C19H24N2/c1-15-16(2)19(21-13-11-20(3)12-14-21)10-9-18(15)17-7-5-4-6-8-17/h4-10H,11-14H2,1-3H3. The van der Waals surface area contributed by atoms with Crippen LogP contribution in [-0.4, -0.2) is 38.1 Å². The number of piperazine rings is 1. The molecule has 2 nitrogen and oxygen atoms in total. The van der Waals surface area contributed by atoms with E-state index in [-0.39, 0.29) is 0 Å². The maximum Gasteiger partial charge on any atom is 0.0399 e. The van der Waals surface area contributed by atoms with Gasteiger partial charge in [-0.25, -0.2) is 0 Å². The molecule has 0 amide bonds. The van der Waals surface area contributed by atoms with Crippen LogP contribution in [0.5, 0.6) is 0 Å². The number of hydrogen-bond acceptors (Lipinski definition) is 2. The lowest BCUT2D eigenvalue weighted by atomic mass is 9.95. The van der Waals surface area contributed by atoms with E-state index in [2.05, 4.69) is 73.2 Å². The predicted octanol–water partition coefficient (Wildman–Crippen LogP) is 3.72. The number of likely N-dealkylation sites (N-methyl/N-ethyl adjacent to an activating group) is 1. The summed E-state index contributed by atoms with van der Waals surface area (Å²) in [7, 11) is 2.20. The van der Waals surface area contributed by atoms with Gasteiger partial charge in [0.25, 0.3) is 0 Å². The highest BCUT2D eigenvalue weighted by molar-refractivity contribution is 5.73. The van der Waals surface area contributed by atoms with Gasteiger partial charge in [-0.15, -0.1) is 0 Å². The second kappa shape index (κ2) is 5.90. The number of rotatable bonds is 2. The highest BCUT2D eigenvalue weighted by Gasteiger charge is 2.17. The molecule has 3 rings (SSSR count). The predicted molar refractivity (Wildman–Crippen MR) is 91.1 cm³/mol. The zero-order valence-electron chi connectivity index (χ0n) is 13.3. The first-order valence-corrected chi connectivity index (χ1v) is 7.76. The van der Waals surface area contributed by atoms with E-state index in [1.165, 1.54) is 27.9 Å². The number of hydrogen-bond donors (Lipinski definition) is 0. The van der Waals surface area contributed by atoms with Crippen LogP contribution < -0.4 is 4.90 Å². The van der Waals surface area contributed by atoms with Gasteiger partial charge in [-0.1, -0.05) is 36.4 Å². The Labute approximate surface area is 128 Å².